The minimum atomic E-state index is 0.134. The summed E-state index contributed by atoms with van der Waals surface area (Å²) in [6, 6.07) is 11.6. The van der Waals surface area contributed by atoms with Gasteiger partial charge in [0.25, 0.3) is 0 Å². The van der Waals surface area contributed by atoms with Crippen LogP contribution in [0.3, 0.4) is 0 Å². The molecule has 2 aromatic rings. The standard InChI is InChI=1S/C19H25N3O/c1-21-11-10-20-18(21)13-22(17-7-8-17)14-19(9-12-23-15-19)16-5-3-2-4-6-16/h2-6,10-11,17H,7-9,12-15H2,1H3/t19-/m0/s1. The second-order valence-corrected chi connectivity index (χ2v) is 7.04. The van der Waals surface area contributed by atoms with Crippen molar-refractivity contribution in [2.45, 2.75) is 37.3 Å². The number of imidazole rings is 1. The maximum Gasteiger partial charge on any atom is 0.122 e. The summed E-state index contributed by atoms with van der Waals surface area (Å²) in [5.74, 6) is 1.15. The summed E-state index contributed by atoms with van der Waals surface area (Å²) in [5, 5.41) is 0. The van der Waals surface area contributed by atoms with Gasteiger partial charge in [0.05, 0.1) is 13.2 Å². The predicted octanol–water partition coefficient (Wildman–Crippen LogP) is 2.74. The summed E-state index contributed by atoms with van der Waals surface area (Å²) in [4.78, 5) is 7.15. The van der Waals surface area contributed by atoms with E-state index in [1.807, 2.05) is 12.4 Å². The van der Waals surface area contributed by atoms with Crippen molar-refractivity contribution in [1.29, 1.82) is 0 Å². The van der Waals surface area contributed by atoms with Crippen molar-refractivity contribution in [3.05, 3.63) is 54.1 Å². The molecule has 2 aliphatic rings. The zero-order valence-corrected chi connectivity index (χ0v) is 13.8. The molecule has 4 rings (SSSR count). The van der Waals surface area contributed by atoms with E-state index in [9.17, 15) is 0 Å². The van der Waals surface area contributed by atoms with Crippen molar-refractivity contribution in [2.24, 2.45) is 7.05 Å². The highest BCUT2D eigenvalue weighted by atomic mass is 16.5. The van der Waals surface area contributed by atoms with E-state index < -0.39 is 0 Å². The largest absolute Gasteiger partial charge is 0.380 e. The first kappa shape index (κ1) is 14.9. The van der Waals surface area contributed by atoms with Crippen LogP contribution in [0.15, 0.2) is 42.7 Å². The molecule has 2 fully saturated rings. The molecule has 1 atom stereocenters. The zero-order chi connectivity index (χ0) is 15.7. The van der Waals surface area contributed by atoms with Gasteiger partial charge in [-0.05, 0) is 24.8 Å². The summed E-state index contributed by atoms with van der Waals surface area (Å²) in [6.45, 7) is 3.70. The Morgan fingerprint density at radius 3 is 2.74 bits per heavy atom. The third-order valence-electron chi connectivity index (χ3n) is 5.32. The topological polar surface area (TPSA) is 30.3 Å². The van der Waals surface area contributed by atoms with E-state index >= 15 is 0 Å². The average Bonchev–Trinajstić information content (AvgIpc) is 3.20. The Morgan fingerprint density at radius 1 is 1.30 bits per heavy atom. The molecule has 23 heavy (non-hydrogen) atoms. The van der Waals surface area contributed by atoms with Crippen molar-refractivity contribution in [3.63, 3.8) is 0 Å². The lowest BCUT2D eigenvalue weighted by Gasteiger charge is -2.35. The van der Waals surface area contributed by atoms with Gasteiger partial charge in [-0.1, -0.05) is 30.3 Å². The molecule has 1 saturated heterocycles. The number of ether oxygens (including phenoxy) is 1. The number of benzene rings is 1. The van der Waals surface area contributed by atoms with Crippen LogP contribution in [0.25, 0.3) is 0 Å². The second-order valence-electron chi connectivity index (χ2n) is 7.04. The van der Waals surface area contributed by atoms with Crippen LogP contribution in [0.4, 0.5) is 0 Å². The van der Waals surface area contributed by atoms with Crippen LogP contribution >= 0.6 is 0 Å². The third-order valence-corrected chi connectivity index (χ3v) is 5.32. The van der Waals surface area contributed by atoms with Crippen LogP contribution in [0.2, 0.25) is 0 Å². The lowest BCUT2D eigenvalue weighted by Crippen LogP contribution is -2.42. The highest BCUT2D eigenvalue weighted by molar-refractivity contribution is 5.27. The fraction of sp³-hybridized carbons (Fsp3) is 0.526. The number of hydrogen-bond donors (Lipinski definition) is 0. The molecule has 0 N–H and O–H groups in total. The Labute approximate surface area is 138 Å². The summed E-state index contributed by atoms with van der Waals surface area (Å²) >= 11 is 0. The smallest absolute Gasteiger partial charge is 0.122 e. The molecule has 2 heterocycles. The lowest BCUT2D eigenvalue weighted by molar-refractivity contribution is 0.141. The minimum Gasteiger partial charge on any atom is -0.380 e. The number of nitrogens with zero attached hydrogens (tertiary/aromatic N) is 3. The van der Waals surface area contributed by atoms with Gasteiger partial charge in [0, 0.05) is 44.0 Å². The van der Waals surface area contributed by atoms with Gasteiger partial charge >= 0.3 is 0 Å². The highest BCUT2D eigenvalue weighted by Gasteiger charge is 2.41. The van der Waals surface area contributed by atoms with E-state index in [1.165, 1.54) is 18.4 Å². The Bertz CT molecular complexity index is 642. The normalized spacial score (nSPS) is 24.4. The first-order chi connectivity index (χ1) is 11.3. The molecule has 4 heteroatoms. The van der Waals surface area contributed by atoms with Gasteiger partial charge in [0.2, 0.25) is 0 Å². The first-order valence-electron chi connectivity index (χ1n) is 8.60. The SMILES string of the molecule is Cn1ccnc1CN(C[C@@]1(c2ccccc2)CCOC1)C1CC1. The lowest BCUT2D eigenvalue weighted by atomic mass is 9.79. The summed E-state index contributed by atoms with van der Waals surface area (Å²) < 4.78 is 7.96. The molecule has 0 bridgehead atoms. The quantitative estimate of drug-likeness (QED) is 0.822. The van der Waals surface area contributed by atoms with Crippen molar-refractivity contribution in [2.75, 3.05) is 19.8 Å². The molecule has 1 aliphatic heterocycles. The van der Waals surface area contributed by atoms with Gasteiger partial charge in [0.1, 0.15) is 5.82 Å². The Balaban J connectivity index is 1.58. The van der Waals surface area contributed by atoms with E-state index in [-0.39, 0.29) is 5.41 Å². The summed E-state index contributed by atoms with van der Waals surface area (Å²) in [7, 11) is 2.08. The Kier molecular flexibility index (Phi) is 3.95. The molecule has 1 aliphatic carbocycles. The Hall–Kier alpha value is -1.65. The van der Waals surface area contributed by atoms with E-state index in [0.717, 1.165) is 38.5 Å². The van der Waals surface area contributed by atoms with Gasteiger partial charge in [-0.25, -0.2) is 4.98 Å². The van der Waals surface area contributed by atoms with Gasteiger partial charge in [-0.2, -0.15) is 0 Å². The molecule has 1 aromatic carbocycles. The molecular formula is C19H25N3O. The highest BCUT2D eigenvalue weighted by Crippen LogP contribution is 2.38. The van der Waals surface area contributed by atoms with Crippen LogP contribution in [-0.4, -0.2) is 40.3 Å². The van der Waals surface area contributed by atoms with Gasteiger partial charge in [0.15, 0.2) is 0 Å². The maximum absolute atomic E-state index is 5.83. The van der Waals surface area contributed by atoms with Crippen molar-refractivity contribution in [3.8, 4) is 0 Å². The number of aromatic nitrogens is 2. The maximum atomic E-state index is 5.83. The number of aryl methyl sites for hydroxylation is 1. The van der Waals surface area contributed by atoms with E-state index in [1.54, 1.807) is 0 Å². The van der Waals surface area contributed by atoms with Crippen LogP contribution in [0.5, 0.6) is 0 Å². The number of hydrogen-bond acceptors (Lipinski definition) is 3. The van der Waals surface area contributed by atoms with E-state index in [0.29, 0.717) is 6.04 Å². The molecule has 0 radical (unpaired) electrons. The number of rotatable bonds is 6. The Morgan fingerprint density at radius 2 is 2.13 bits per heavy atom. The summed E-state index contributed by atoms with van der Waals surface area (Å²) in [6.07, 6.45) is 7.67. The third kappa shape index (κ3) is 3.06. The summed E-state index contributed by atoms with van der Waals surface area (Å²) in [5.41, 5.74) is 1.55. The molecule has 1 aromatic heterocycles. The first-order valence-corrected chi connectivity index (χ1v) is 8.60. The average molecular weight is 311 g/mol. The van der Waals surface area contributed by atoms with Gasteiger partial charge in [-0.15, -0.1) is 0 Å². The fourth-order valence-electron chi connectivity index (χ4n) is 3.72. The van der Waals surface area contributed by atoms with Gasteiger partial charge in [-0.3, -0.25) is 4.90 Å². The van der Waals surface area contributed by atoms with Crippen molar-refractivity contribution in [1.82, 2.24) is 14.5 Å². The van der Waals surface area contributed by atoms with E-state index in [4.69, 9.17) is 4.74 Å². The molecule has 1 saturated carbocycles. The van der Waals surface area contributed by atoms with Gasteiger partial charge < -0.3 is 9.30 Å². The van der Waals surface area contributed by atoms with Crippen LogP contribution in [0, 0.1) is 0 Å². The van der Waals surface area contributed by atoms with Crippen molar-refractivity contribution >= 4 is 0 Å². The molecule has 0 unspecified atom stereocenters. The monoisotopic (exact) mass is 311 g/mol. The second kappa shape index (κ2) is 6.10. The van der Waals surface area contributed by atoms with Crippen LogP contribution < -0.4 is 0 Å². The molecule has 4 nitrogen and oxygen atoms in total. The van der Waals surface area contributed by atoms with Crippen molar-refractivity contribution < 1.29 is 4.74 Å². The van der Waals surface area contributed by atoms with Crippen LogP contribution in [0.1, 0.15) is 30.7 Å². The zero-order valence-electron chi connectivity index (χ0n) is 13.8. The molecule has 122 valence electrons. The predicted molar refractivity (Wildman–Crippen MR) is 90.2 cm³/mol. The van der Waals surface area contributed by atoms with E-state index in [2.05, 4.69) is 51.8 Å². The molecule has 0 amide bonds. The fourth-order valence-corrected chi connectivity index (χ4v) is 3.72. The molecular weight excluding hydrogens is 286 g/mol. The minimum absolute atomic E-state index is 0.134. The molecule has 0 spiro atoms. The van der Waals surface area contributed by atoms with Crippen LogP contribution in [-0.2, 0) is 23.7 Å².